The quantitative estimate of drug-likeness (QED) is 0.723. The Hall–Kier alpha value is -0.860. The molecule has 0 heterocycles. The molecule has 3 heteroatoms. The molecule has 4 rings (SSSR count). The highest BCUT2D eigenvalue weighted by molar-refractivity contribution is 5.87. The van der Waals surface area contributed by atoms with Gasteiger partial charge in [0.05, 0.1) is 0 Å². The van der Waals surface area contributed by atoms with Gasteiger partial charge in [0.1, 0.15) is 5.78 Å². The lowest BCUT2D eigenvalue weighted by molar-refractivity contribution is -0.140. The molecule has 7 atom stereocenters. The summed E-state index contributed by atoms with van der Waals surface area (Å²) in [5, 5.41) is 8.89. The zero-order chi connectivity index (χ0) is 18.5. The molecule has 0 bridgehead atoms. The predicted molar refractivity (Wildman–Crippen MR) is 102 cm³/mol. The van der Waals surface area contributed by atoms with Crippen molar-refractivity contribution in [3.05, 3.63) is 0 Å². The van der Waals surface area contributed by atoms with Crippen LogP contribution in [-0.4, -0.2) is 16.9 Å². The molecule has 3 nitrogen and oxygen atoms in total. The smallest absolute Gasteiger partial charge is 0.303 e. The van der Waals surface area contributed by atoms with Gasteiger partial charge in [-0.05, 0) is 99.2 Å². The first-order valence-corrected chi connectivity index (χ1v) is 11.1. The summed E-state index contributed by atoms with van der Waals surface area (Å²) < 4.78 is 0. The molecule has 4 aliphatic rings. The van der Waals surface area contributed by atoms with Gasteiger partial charge >= 0.3 is 5.97 Å². The minimum atomic E-state index is -0.650. The molecule has 4 aliphatic carbocycles. The Morgan fingerprint density at radius 2 is 1.88 bits per heavy atom. The van der Waals surface area contributed by atoms with Crippen molar-refractivity contribution in [3.8, 4) is 0 Å². The van der Waals surface area contributed by atoms with Crippen molar-refractivity contribution in [3.63, 3.8) is 0 Å². The third kappa shape index (κ3) is 2.85. The van der Waals surface area contributed by atoms with Gasteiger partial charge in [-0.25, -0.2) is 0 Å². The Morgan fingerprint density at radius 1 is 1.08 bits per heavy atom. The number of rotatable bonds is 4. The normalized spacial score (nSPS) is 47.8. The highest BCUT2D eigenvalue weighted by atomic mass is 16.4. The molecule has 1 N–H and O–H groups in total. The Bertz CT molecular complexity index is 584. The maximum absolute atomic E-state index is 12.5. The average molecular weight is 361 g/mol. The zero-order valence-corrected chi connectivity index (χ0v) is 16.6. The molecule has 0 amide bonds. The van der Waals surface area contributed by atoms with Gasteiger partial charge in [-0.1, -0.05) is 13.8 Å². The molecule has 3 unspecified atom stereocenters. The molecule has 4 fully saturated rings. The van der Waals surface area contributed by atoms with Crippen molar-refractivity contribution >= 4 is 11.8 Å². The lowest BCUT2D eigenvalue weighted by Crippen LogP contribution is -2.53. The van der Waals surface area contributed by atoms with Crippen LogP contribution in [0.2, 0.25) is 0 Å². The SMILES string of the molecule is C[C@]12CC[C@H](CCCC(=O)O)CC1CCC1C3CCC(=O)[C@@]3(C)CC[C@@H]12. The molecule has 4 saturated carbocycles. The number of hydrogen-bond donors (Lipinski definition) is 1. The summed E-state index contributed by atoms with van der Waals surface area (Å²) in [6.07, 6.45) is 13.3. The summed E-state index contributed by atoms with van der Waals surface area (Å²) in [5.41, 5.74) is 0.470. The number of carbonyl (C=O) groups is 2. The van der Waals surface area contributed by atoms with Gasteiger partial charge in [0, 0.05) is 18.3 Å². The number of carbonyl (C=O) groups excluding carboxylic acids is 1. The summed E-state index contributed by atoms with van der Waals surface area (Å²) >= 11 is 0. The topological polar surface area (TPSA) is 54.4 Å². The van der Waals surface area contributed by atoms with E-state index in [1.165, 1.54) is 38.5 Å². The number of Topliss-reactive ketones (excluding diaryl/α,β-unsaturated/α-hetero) is 1. The van der Waals surface area contributed by atoms with Gasteiger partial charge in [-0.15, -0.1) is 0 Å². The van der Waals surface area contributed by atoms with Crippen LogP contribution in [0.3, 0.4) is 0 Å². The first kappa shape index (κ1) is 18.5. The molecule has 0 saturated heterocycles. The van der Waals surface area contributed by atoms with Crippen LogP contribution >= 0.6 is 0 Å². The minimum absolute atomic E-state index is 0.00159. The largest absolute Gasteiger partial charge is 0.481 e. The van der Waals surface area contributed by atoms with Gasteiger partial charge < -0.3 is 5.11 Å². The number of carboxylic acids is 1. The lowest BCUT2D eigenvalue weighted by Gasteiger charge is -2.60. The number of ketones is 1. The van der Waals surface area contributed by atoms with E-state index in [1.807, 2.05) is 0 Å². The van der Waals surface area contributed by atoms with Crippen molar-refractivity contribution < 1.29 is 14.7 Å². The van der Waals surface area contributed by atoms with Crippen LogP contribution < -0.4 is 0 Å². The third-order valence-electron chi connectivity index (χ3n) is 9.49. The zero-order valence-electron chi connectivity index (χ0n) is 16.6. The fraction of sp³-hybridized carbons (Fsp3) is 0.913. The first-order chi connectivity index (χ1) is 12.3. The number of fused-ring (bicyclic) bond motifs is 5. The van der Waals surface area contributed by atoms with E-state index in [4.69, 9.17) is 5.11 Å². The van der Waals surface area contributed by atoms with Crippen LogP contribution in [0.5, 0.6) is 0 Å². The van der Waals surface area contributed by atoms with Crippen LogP contribution in [0.4, 0.5) is 0 Å². The van der Waals surface area contributed by atoms with E-state index < -0.39 is 5.97 Å². The fourth-order valence-electron chi connectivity index (χ4n) is 7.92. The second-order valence-corrected chi connectivity index (χ2v) is 10.5. The van der Waals surface area contributed by atoms with E-state index in [0.717, 1.165) is 55.8 Å². The minimum Gasteiger partial charge on any atom is -0.481 e. The summed E-state index contributed by atoms with van der Waals surface area (Å²) in [4.78, 5) is 23.3. The molecule has 0 spiro atoms. The van der Waals surface area contributed by atoms with Gasteiger partial charge in [0.15, 0.2) is 0 Å². The molecular weight excluding hydrogens is 324 g/mol. The van der Waals surface area contributed by atoms with Crippen LogP contribution in [-0.2, 0) is 9.59 Å². The summed E-state index contributed by atoms with van der Waals surface area (Å²) in [6, 6.07) is 0. The predicted octanol–water partition coefficient (Wildman–Crippen LogP) is 5.47. The van der Waals surface area contributed by atoms with Crippen molar-refractivity contribution in [1.29, 1.82) is 0 Å². The molecule has 0 aromatic carbocycles. The fourth-order valence-corrected chi connectivity index (χ4v) is 7.92. The Labute approximate surface area is 158 Å². The van der Waals surface area contributed by atoms with E-state index in [-0.39, 0.29) is 5.41 Å². The number of hydrogen-bond acceptors (Lipinski definition) is 2. The van der Waals surface area contributed by atoms with Gasteiger partial charge in [-0.3, -0.25) is 9.59 Å². The molecular formula is C23H36O3. The third-order valence-corrected chi connectivity index (χ3v) is 9.49. The highest BCUT2D eigenvalue weighted by Gasteiger charge is 2.60. The standard InChI is InChI=1S/C23H36O3/c1-22-12-10-15(4-3-5-21(25)26)14-16(22)6-7-17-18-8-9-20(24)23(18,2)13-11-19(17)22/h15-19H,3-14H2,1-2H3,(H,25,26)/t15-,16?,17?,18?,19-,22-,23-/m0/s1. The molecule has 0 radical (unpaired) electrons. The van der Waals surface area contributed by atoms with E-state index in [2.05, 4.69) is 13.8 Å². The van der Waals surface area contributed by atoms with Crippen molar-refractivity contribution in [2.75, 3.05) is 0 Å². The maximum atomic E-state index is 12.5. The Morgan fingerprint density at radius 3 is 2.65 bits per heavy atom. The van der Waals surface area contributed by atoms with Gasteiger partial charge in [0.25, 0.3) is 0 Å². The summed E-state index contributed by atoms with van der Waals surface area (Å²) in [5.74, 6) is 3.73. The summed E-state index contributed by atoms with van der Waals surface area (Å²) in [6.45, 7) is 4.85. The number of carboxylic acid groups (broad SMARTS) is 1. The number of aliphatic carboxylic acids is 1. The molecule has 146 valence electrons. The lowest BCUT2D eigenvalue weighted by atomic mass is 9.44. The summed E-state index contributed by atoms with van der Waals surface area (Å²) in [7, 11) is 0. The van der Waals surface area contributed by atoms with Crippen molar-refractivity contribution in [1.82, 2.24) is 0 Å². The van der Waals surface area contributed by atoms with E-state index >= 15 is 0 Å². The monoisotopic (exact) mass is 360 g/mol. The second-order valence-electron chi connectivity index (χ2n) is 10.5. The Balaban J connectivity index is 1.44. The second kappa shape index (κ2) is 6.63. The molecule has 0 aromatic heterocycles. The van der Waals surface area contributed by atoms with E-state index in [1.54, 1.807) is 0 Å². The average Bonchev–Trinajstić information content (AvgIpc) is 2.90. The van der Waals surface area contributed by atoms with Crippen LogP contribution in [0.25, 0.3) is 0 Å². The Kier molecular flexibility index (Phi) is 4.72. The molecule has 0 aliphatic heterocycles. The van der Waals surface area contributed by atoms with Gasteiger partial charge in [-0.2, -0.15) is 0 Å². The van der Waals surface area contributed by atoms with Crippen LogP contribution in [0, 0.1) is 40.4 Å². The van der Waals surface area contributed by atoms with Crippen LogP contribution in [0.15, 0.2) is 0 Å². The van der Waals surface area contributed by atoms with Gasteiger partial charge in [0.2, 0.25) is 0 Å². The van der Waals surface area contributed by atoms with Crippen molar-refractivity contribution in [2.24, 2.45) is 40.4 Å². The van der Waals surface area contributed by atoms with E-state index in [0.29, 0.717) is 23.5 Å². The highest BCUT2D eigenvalue weighted by Crippen LogP contribution is 2.66. The first-order valence-electron chi connectivity index (χ1n) is 11.1. The van der Waals surface area contributed by atoms with Crippen molar-refractivity contribution in [2.45, 2.75) is 90.9 Å². The maximum Gasteiger partial charge on any atom is 0.303 e. The van der Waals surface area contributed by atoms with Crippen LogP contribution in [0.1, 0.15) is 90.9 Å². The molecule has 0 aromatic rings. The molecule has 26 heavy (non-hydrogen) atoms. The van der Waals surface area contributed by atoms with E-state index in [9.17, 15) is 9.59 Å².